The first kappa shape index (κ1) is 14.8. The van der Waals surface area contributed by atoms with Gasteiger partial charge in [-0.25, -0.2) is 4.79 Å². The van der Waals surface area contributed by atoms with E-state index in [0.717, 1.165) is 17.4 Å². The van der Waals surface area contributed by atoms with Crippen LogP contribution in [0.2, 0.25) is 0 Å². The van der Waals surface area contributed by atoms with Crippen LogP contribution in [0.3, 0.4) is 0 Å². The molecular formula is C15H22N2O3. The molecule has 5 nitrogen and oxygen atoms in total. The summed E-state index contributed by atoms with van der Waals surface area (Å²) in [5.74, 6) is 0.842. The van der Waals surface area contributed by atoms with E-state index in [2.05, 4.69) is 6.92 Å². The summed E-state index contributed by atoms with van der Waals surface area (Å²) in [6.45, 7) is 4.18. The lowest BCUT2D eigenvalue weighted by Crippen LogP contribution is -2.41. The SMILES string of the molecule is CC(=O)c1cn(C[C@@H]2CCC[C@H](C)C2)c(=O)n(C)c1=O. The second-order valence-electron chi connectivity index (χ2n) is 6.04. The third-order valence-electron chi connectivity index (χ3n) is 4.23. The summed E-state index contributed by atoms with van der Waals surface area (Å²) in [7, 11) is 1.43. The van der Waals surface area contributed by atoms with E-state index >= 15 is 0 Å². The molecule has 0 aliphatic heterocycles. The van der Waals surface area contributed by atoms with Crippen LogP contribution in [0, 0.1) is 11.8 Å². The lowest BCUT2D eigenvalue weighted by atomic mass is 9.82. The van der Waals surface area contributed by atoms with Crippen LogP contribution in [0.1, 0.15) is 49.9 Å². The number of hydrogen-bond donors (Lipinski definition) is 0. The number of nitrogens with zero attached hydrogens (tertiary/aromatic N) is 2. The van der Waals surface area contributed by atoms with Crippen molar-refractivity contribution in [1.29, 1.82) is 0 Å². The zero-order chi connectivity index (χ0) is 14.9. The van der Waals surface area contributed by atoms with Crippen molar-refractivity contribution in [2.24, 2.45) is 18.9 Å². The van der Waals surface area contributed by atoms with Crippen molar-refractivity contribution in [1.82, 2.24) is 9.13 Å². The highest BCUT2D eigenvalue weighted by Gasteiger charge is 2.21. The summed E-state index contributed by atoms with van der Waals surface area (Å²) >= 11 is 0. The third kappa shape index (κ3) is 2.92. The maximum Gasteiger partial charge on any atom is 0.330 e. The molecule has 5 heteroatoms. The van der Waals surface area contributed by atoms with Gasteiger partial charge >= 0.3 is 5.69 Å². The molecule has 0 aromatic carbocycles. The Morgan fingerprint density at radius 1 is 1.35 bits per heavy atom. The van der Waals surface area contributed by atoms with E-state index in [1.54, 1.807) is 0 Å². The average Bonchev–Trinajstić information content (AvgIpc) is 2.39. The molecule has 0 saturated heterocycles. The van der Waals surface area contributed by atoms with Gasteiger partial charge in [-0.1, -0.05) is 19.8 Å². The van der Waals surface area contributed by atoms with E-state index in [9.17, 15) is 14.4 Å². The highest BCUT2D eigenvalue weighted by molar-refractivity contribution is 5.93. The van der Waals surface area contributed by atoms with E-state index < -0.39 is 5.56 Å². The number of carbonyl (C=O) groups is 1. The molecule has 0 N–H and O–H groups in total. The summed E-state index contributed by atoms with van der Waals surface area (Å²) in [5, 5.41) is 0. The van der Waals surface area contributed by atoms with E-state index in [4.69, 9.17) is 0 Å². The van der Waals surface area contributed by atoms with Gasteiger partial charge in [-0.05, 0) is 31.6 Å². The highest BCUT2D eigenvalue weighted by atomic mass is 16.2. The summed E-state index contributed by atoms with van der Waals surface area (Å²) < 4.78 is 2.56. The zero-order valence-electron chi connectivity index (χ0n) is 12.4. The fraction of sp³-hybridized carbons (Fsp3) is 0.667. The minimum Gasteiger partial charge on any atom is -0.299 e. The minimum atomic E-state index is -0.504. The molecule has 0 amide bonds. The Labute approximate surface area is 118 Å². The zero-order valence-corrected chi connectivity index (χ0v) is 12.4. The first-order chi connectivity index (χ1) is 9.40. The lowest BCUT2D eigenvalue weighted by Gasteiger charge is -2.27. The van der Waals surface area contributed by atoms with Crippen molar-refractivity contribution < 1.29 is 4.79 Å². The largest absolute Gasteiger partial charge is 0.330 e. The Morgan fingerprint density at radius 3 is 2.65 bits per heavy atom. The summed E-state index contributed by atoms with van der Waals surface area (Å²) in [4.78, 5) is 35.5. The van der Waals surface area contributed by atoms with E-state index in [1.807, 2.05) is 0 Å². The molecule has 2 rings (SSSR count). The van der Waals surface area contributed by atoms with Crippen LogP contribution in [0.4, 0.5) is 0 Å². The van der Waals surface area contributed by atoms with Crippen LogP contribution in [0.15, 0.2) is 15.8 Å². The molecule has 1 aromatic heterocycles. The first-order valence-electron chi connectivity index (χ1n) is 7.21. The van der Waals surface area contributed by atoms with Gasteiger partial charge in [0.1, 0.15) is 0 Å². The molecule has 1 aliphatic rings. The van der Waals surface area contributed by atoms with Crippen LogP contribution in [-0.4, -0.2) is 14.9 Å². The number of ketones is 1. The fourth-order valence-corrected chi connectivity index (χ4v) is 3.10. The van der Waals surface area contributed by atoms with Crippen molar-refractivity contribution >= 4 is 5.78 Å². The molecule has 20 heavy (non-hydrogen) atoms. The smallest absolute Gasteiger partial charge is 0.299 e. The van der Waals surface area contributed by atoms with Gasteiger partial charge in [-0.15, -0.1) is 0 Å². The molecule has 0 radical (unpaired) electrons. The predicted octanol–water partition coefficient (Wildman–Crippen LogP) is 1.58. The van der Waals surface area contributed by atoms with E-state index in [0.29, 0.717) is 18.4 Å². The lowest BCUT2D eigenvalue weighted by molar-refractivity contribution is 0.101. The fourth-order valence-electron chi connectivity index (χ4n) is 3.10. The van der Waals surface area contributed by atoms with Crippen molar-refractivity contribution in [2.75, 3.05) is 0 Å². The molecule has 1 saturated carbocycles. The van der Waals surface area contributed by atoms with Gasteiger partial charge in [-0.2, -0.15) is 0 Å². The standard InChI is InChI=1S/C15H22N2O3/c1-10-5-4-6-12(7-10)8-17-9-13(11(2)18)14(19)16(3)15(17)20/h9-10,12H,4-8H2,1-3H3/t10-,12+/m0/s1. The second kappa shape index (κ2) is 5.77. The van der Waals surface area contributed by atoms with Crippen molar-refractivity contribution in [3.8, 4) is 0 Å². The van der Waals surface area contributed by atoms with Gasteiger partial charge in [0.05, 0.1) is 5.56 Å². The molecular weight excluding hydrogens is 256 g/mol. The van der Waals surface area contributed by atoms with Crippen LogP contribution in [-0.2, 0) is 13.6 Å². The molecule has 1 fully saturated rings. The Bertz CT molecular complexity index is 627. The topological polar surface area (TPSA) is 61.1 Å². The van der Waals surface area contributed by atoms with Gasteiger partial charge in [-0.3, -0.25) is 18.7 Å². The van der Waals surface area contributed by atoms with Gasteiger partial charge in [0.25, 0.3) is 5.56 Å². The van der Waals surface area contributed by atoms with Crippen LogP contribution in [0.25, 0.3) is 0 Å². The predicted molar refractivity (Wildman–Crippen MR) is 77.1 cm³/mol. The van der Waals surface area contributed by atoms with Crippen LogP contribution < -0.4 is 11.2 Å². The van der Waals surface area contributed by atoms with Crippen molar-refractivity contribution in [3.05, 3.63) is 32.6 Å². The summed E-state index contributed by atoms with van der Waals surface area (Å²) in [5.41, 5.74) is -0.745. The maximum absolute atomic E-state index is 12.1. The Balaban J connectivity index is 2.34. The van der Waals surface area contributed by atoms with Crippen molar-refractivity contribution in [2.45, 2.75) is 46.1 Å². The summed E-state index contributed by atoms with van der Waals surface area (Å²) in [6.07, 6.45) is 6.08. The Kier molecular flexibility index (Phi) is 4.26. The van der Waals surface area contributed by atoms with Gasteiger partial charge < -0.3 is 0 Å². The molecule has 0 bridgehead atoms. The number of Topliss-reactive ketones (excluding diaryl/α,β-unsaturated/α-hetero) is 1. The molecule has 2 atom stereocenters. The second-order valence-corrected chi connectivity index (χ2v) is 6.04. The highest BCUT2D eigenvalue weighted by Crippen LogP contribution is 2.29. The molecule has 0 unspecified atom stereocenters. The van der Waals surface area contributed by atoms with E-state index in [-0.39, 0.29) is 17.0 Å². The summed E-state index contributed by atoms with van der Waals surface area (Å²) in [6, 6.07) is 0. The Morgan fingerprint density at radius 2 is 2.05 bits per heavy atom. The molecule has 110 valence electrons. The van der Waals surface area contributed by atoms with Crippen LogP contribution >= 0.6 is 0 Å². The average molecular weight is 278 g/mol. The van der Waals surface area contributed by atoms with Gasteiger partial charge in [0.2, 0.25) is 0 Å². The van der Waals surface area contributed by atoms with E-state index in [1.165, 1.54) is 37.6 Å². The van der Waals surface area contributed by atoms with Gasteiger partial charge in [0.15, 0.2) is 5.78 Å². The number of carbonyl (C=O) groups excluding carboxylic acids is 1. The van der Waals surface area contributed by atoms with Crippen molar-refractivity contribution in [3.63, 3.8) is 0 Å². The monoisotopic (exact) mass is 278 g/mol. The number of hydrogen-bond acceptors (Lipinski definition) is 3. The number of aromatic nitrogens is 2. The molecule has 1 aromatic rings. The molecule has 0 spiro atoms. The Hall–Kier alpha value is -1.65. The third-order valence-corrected chi connectivity index (χ3v) is 4.23. The van der Waals surface area contributed by atoms with Gasteiger partial charge in [0, 0.05) is 19.8 Å². The molecule has 1 heterocycles. The number of rotatable bonds is 3. The quantitative estimate of drug-likeness (QED) is 0.789. The maximum atomic E-state index is 12.1. The first-order valence-corrected chi connectivity index (χ1v) is 7.21. The minimum absolute atomic E-state index is 0.0935. The normalized spacial score (nSPS) is 22.8. The van der Waals surface area contributed by atoms with Crippen LogP contribution in [0.5, 0.6) is 0 Å². The molecule has 1 aliphatic carbocycles.